The minimum atomic E-state index is -0.878. The van der Waals surface area contributed by atoms with Gasteiger partial charge in [-0.1, -0.05) is 38.5 Å². The van der Waals surface area contributed by atoms with Gasteiger partial charge in [-0.2, -0.15) is 0 Å². The first kappa shape index (κ1) is 20.7. The Bertz CT molecular complexity index is 616. The molecule has 4 nitrogen and oxygen atoms in total. The van der Waals surface area contributed by atoms with Crippen molar-refractivity contribution in [2.45, 2.75) is 79.2 Å². The van der Waals surface area contributed by atoms with Gasteiger partial charge in [0, 0.05) is 18.4 Å². The van der Waals surface area contributed by atoms with Gasteiger partial charge >= 0.3 is 11.9 Å². The van der Waals surface area contributed by atoms with Gasteiger partial charge in [-0.25, -0.2) is 4.79 Å². The molecule has 0 spiro atoms. The molecule has 0 aromatic heterocycles. The van der Waals surface area contributed by atoms with Crippen LogP contribution in [0.25, 0.3) is 0 Å². The van der Waals surface area contributed by atoms with E-state index in [9.17, 15) is 9.59 Å². The van der Waals surface area contributed by atoms with Crippen molar-refractivity contribution in [1.82, 2.24) is 0 Å². The van der Waals surface area contributed by atoms with Crippen molar-refractivity contribution in [3.05, 3.63) is 23.8 Å². The maximum Gasteiger partial charge on any atom is 0.328 e. The third-order valence-corrected chi connectivity index (χ3v) is 7.02. The summed E-state index contributed by atoms with van der Waals surface area (Å²) in [5.41, 5.74) is 2.26. The second-order valence-corrected chi connectivity index (χ2v) is 9.13. The van der Waals surface area contributed by atoms with Gasteiger partial charge in [0.2, 0.25) is 0 Å². The minimum Gasteiger partial charge on any atom is -0.478 e. The van der Waals surface area contributed by atoms with E-state index >= 15 is 0 Å². The van der Waals surface area contributed by atoms with E-state index in [1.54, 1.807) is 0 Å². The summed E-state index contributed by atoms with van der Waals surface area (Å²) in [7, 11) is 0. The zero-order valence-corrected chi connectivity index (χ0v) is 16.9. The van der Waals surface area contributed by atoms with Crippen LogP contribution in [0, 0.1) is 22.7 Å². The van der Waals surface area contributed by atoms with Crippen LogP contribution in [0.1, 0.15) is 73.1 Å². The van der Waals surface area contributed by atoms with Gasteiger partial charge in [-0.15, -0.1) is 0 Å². The summed E-state index contributed by atoms with van der Waals surface area (Å²) in [4.78, 5) is 22.4. The van der Waals surface area contributed by atoms with Gasteiger partial charge < -0.3 is 9.84 Å². The summed E-state index contributed by atoms with van der Waals surface area (Å²) in [6.45, 7) is 14.6. The molecule has 2 rings (SSSR count). The van der Waals surface area contributed by atoms with Crippen LogP contribution in [0.2, 0.25) is 0 Å². The normalized spacial score (nSPS) is 34.1. The van der Waals surface area contributed by atoms with Crippen molar-refractivity contribution in [3.63, 3.8) is 0 Å². The summed E-state index contributed by atoms with van der Waals surface area (Å²) in [5.74, 6) is -0.224. The summed E-state index contributed by atoms with van der Waals surface area (Å²) < 4.78 is 5.67. The molecule has 0 aromatic rings. The van der Waals surface area contributed by atoms with Crippen LogP contribution in [0.4, 0.5) is 0 Å². The Morgan fingerprint density at radius 3 is 2.50 bits per heavy atom. The molecular weight excluding hydrogens is 328 g/mol. The predicted octanol–water partition coefficient (Wildman–Crippen LogP) is 5.14. The highest BCUT2D eigenvalue weighted by atomic mass is 16.5. The number of carbonyl (C=O) groups is 2. The molecule has 0 amide bonds. The number of allylic oxidation sites excluding steroid dienone is 2. The van der Waals surface area contributed by atoms with E-state index in [1.807, 2.05) is 6.92 Å². The number of esters is 1. The zero-order valence-electron chi connectivity index (χ0n) is 16.9. The Morgan fingerprint density at radius 1 is 1.27 bits per heavy atom. The lowest BCUT2D eigenvalue weighted by Gasteiger charge is -2.60. The minimum absolute atomic E-state index is 0.0290. The molecule has 2 aliphatic carbocycles. The van der Waals surface area contributed by atoms with Crippen molar-refractivity contribution < 1.29 is 19.4 Å². The Labute approximate surface area is 157 Å². The first-order chi connectivity index (χ1) is 12.0. The second kappa shape index (κ2) is 7.58. The van der Waals surface area contributed by atoms with Crippen LogP contribution < -0.4 is 0 Å². The van der Waals surface area contributed by atoms with Crippen LogP contribution in [-0.2, 0) is 14.3 Å². The standard InChI is InChI=1S/C22H34O4/c1-14(13-20(24)25)7-9-17-15(2)8-10-18-21(4,5)19(26-16(3)23)11-12-22(17,18)6/h13,17-19H,2,7-12H2,1,3-6H3,(H,24,25)/b14-13+/t17-,18-,19?,22+/m1/s1. The van der Waals surface area contributed by atoms with E-state index in [0.29, 0.717) is 11.8 Å². The van der Waals surface area contributed by atoms with Gasteiger partial charge in [0.25, 0.3) is 0 Å². The maximum absolute atomic E-state index is 11.5. The van der Waals surface area contributed by atoms with Crippen molar-refractivity contribution in [1.29, 1.82) is 0 Å². The molecule has 2 saturated carbocycles. The fraction of sp³-hybridized carbons (Fsp3) is 0.727. The molecular formula is C22H34O4. The molecule has 0 bridgehead atoms. The summed E-state index contributed by atoms with van der Waals surface area (Å²) in [5, 5.41) is 8.95. The van der Waals surface area contributed by atoms with Crippen LogP contribution >= 0.6 is 0 Å². The lowest BCUT2D eigenvalue weighted by Crippen LogP contribution is -2.55. The molecule has 1 unspecified atom stereocenters. The second-order valence-electron chi connectivity index (χ2n) is 9.13. The van der Waals surface area contributed by atoms with E-state index in [-0.39, 0.29) is 22.9 Å². The van der Waals surface area contributed by atoms with Gasteiger partial charge in [-0.05, 0) is 62.7 Å². The monoisotopic (exact) mass is 362 g/mol. The molecule has 146 valence electrons. The van der Waals surface area contributed by atoms with Gasteiger partial charge in [-0.3, -0.25) is 4.79 Å². The fourth-order valence-electron chi connectivity index (χ4n) is 5.75. The van der Waals surface area contributed by atoms with Crippen molar-refractivity contribution in [2.75, 3.05) is 0 Å². The van der Waals surface area contributed by atoms with Gasteiger partial charge in [0.05, 0.1) is 0 Å². The first-order valence-corrected chi connectivity index (χ1v) is 9.73. The predicted molar refractivity (Wildman–Crippen MR) is 103 cm³/mol. The third kappa shape index (κ3) is 4.05. The summed E-state index contributed by atoms with van der Waals surface area (Å²) in [6.07, 6.45) is 6.99. The Morgan fingerprint density at radius 2 is 1.92 bits per heavy atom. The lowest BCUT2D eigenvalue weighted by molar-refractivity contribution is -0.174. The van der Waals surface area contributed by atoms with Crippen molar-refractivity contribution in [3.8, 4) is 0 Å². The largest absolute Gasteiger partial charge is 0.478 e. The van der Waals surface area contributed by atoms with Gasteiger partial charge in [0.1, 0.15) is 6.10 Å². The van der Waals surface area contributed by atoms with E-state index in [4.69, 9.17) is 9.84 Å². The number of ether oxygens (including phenoxy) is 1. The zero-order chi connectivity index (χ0) is 19.7. The van der Waals surface area contributed by atoms with Crippen molar-refractivity contribution >= 4 is 11.9 Å². The molecule has 1 N–H and O–H groups in total. The topological polar surface area (TPSA) is 63.6 Å². The highest BCUT2D eigenvalue weighted by Gasteiger charge is 2.56. The number of fused-ring (bicyclic) bond motifs is 1. The Hall–Kier alpha value is -1.58. The summed E-state index contributed by atoms with van der Waals surface area (Å²) >= 11 is 0. The van der Waals surface area contributed by atoms with Crippen LogP contribution in [-0.4, -0.2) is 23.1 Å². The summed E-state index contributed by atoms with van der Waals surface area (Å²) in [6, 6.07) is 0. The molecule has 4 heteroatoms. The number of aliphatic carboxylic acids is 1. The highest BCUT2D eigenvalue weighted by Crippen LogP contribution is 2.62. The lowest BCUT2D eigenvalue weighted by atomic mass is 9.46. The Kier molecular flexibility index (Phi) is 6.04. The molecule has 0 aliphatic heterocycles. The first-order valence-electron chi connectivity index (χ1n) is 9.73. The quantitative estimate of drug-likeness (QED) is 0.418. The van der Waals surface area contributed by atoms with E-state index in [0.717, 1.165) is 44.1 Å². The van der Waals surface area contributed by atoms with E-state index in [2.05, 4.69) is 27.4 Å². The molecule has 0 aromatic carbocycles. The number of hydrogen-bond donors (Lipinski definition) is 1. The van der Waals surface area contributed by atoms with Crippen LogP contribution in [0.5, 0.6) is 0 Å². The highest BCUT2D eigenvalue weighted by molar-refractivity contribution is 5.80. The van der Waals surface area contributed by atoms with E-state index < -0.39 is 5.97 Å². The molecule has 0 heterocycles. The van der Waals surface area contributed by atoms with Crippen molar-refractivity contribution in [2.24, 2.45) is 22.7 Å². The SMILES string of the molecule is C=C1CC[C@@H]2C(C)(C)C(OC(C)=O)CC[C@@]2(C)[C@@H]1CC/C(C)=C/C(=O)O. The van der Waals surface area contributed by atoms with E-state index in [1.165, 1.54) is 18.6 Å². The average molecular weight is 363 g/mol. The molecule has 4 atom stereocenters. The molecule has 2 aliphatic rings. The molecule has 0 radical (unpaired) electrons. The fourth-order valence-corrected chi connectivity index (χ4v) is 5.75. The molecule has 0 saturated heterocycles. The van der Waals surface area contributed by atoms with Crippen LogP contribution in [0.3, 0.4) is 0 Å². The molecule has 26 heavy (non-hydrogen) atoms. The number of carbonyl (C=O) groups excluding carboxylic acids is 1. The average Bonchev–Trinajstić information content (AvgIpc) is 2.48. The van der Waals surface area contributed by atoms with Crippen LogP contribution in [0.15, 0.2) is 23.8 Å². The number of carboxylic acid groups (broad SMARTS) is 1. The van der Waals surface area contributed by atoms with Gasteiger partial charge in [0.15, 0.2) is 0 Å². The Balaban J connectivity index is 2.23. The molecule has 2 fully saturated rings. The number of rotatable bonds is 5. The number of carboxylic acids is 1. The third-order valence-electron chi connectivity index (χ3n) is 7.02. The smallest absolute Gasteiger partial charge is 0.328 e. The maximum atomic E-state index is 11.5. The number of hydrogen-bond acceptors (Lipinski definition) is 3.